The molecule has 3 N–H and O–H groups in total. The molecule has 0 aliphatic carbocycles. The van der Waals surface area contributed by atoms with Crippen molar-refractivity contribution in [3.8, 4) is 0 Å². The Balaban J connectivity index is 4.12. The molecule has 0 aromatic rings. The summed E-state index contributed by atoms with van der Waals surface area (Å²) in [5.74, 6) is -0.927. The van der Waals surface area contributed by atoms with E-state index in [1.807, 2.05) is 0 Å². The predicted molar refractivity (Wildman–Crippen MR) is 252 cm³/mol. The highest BCUT2D eigenvalue weighted by atomic mass is 31.2. The number of phosphoric acid groups is 1. The van der Waals surface area contributed by atoms with Crippen LogP contribution in [0, 0.1) is 0 Å². The second-order valence-corrected chi connectivity index (χ2v) is 19.0. The van der Waals surface area contributed by atoms with Gasteiger partial charge in [-0.05, 0) is 38.5 Å². The Morgan fingerprint density at radius 1 is 0.475 bits per heavy atom. The molecule has 0 radical (unpaired) electrons. The number of ether oxygens (including phenoxy) is 2. The van der Waals surface area contributed by atoms with Gasteiger partial charge in [0.15, 0.2) is 6.10 Å². The molecule has 0 aromatic heterocycles. The number of hydrogen-bond acceptors (Lipinski definition) is 9. The molecule has 61 heavy (non-hydrogen) atoms. The molecule has 10 nitrogen and oxygen atoms in total. The Kier molecular flexibility index (Phi) is 45.7. The monoisotopic (exact) mass is 889 g/mol. The lowest BCUT2D eigenvalue weighted by atomic mass is 10.0. The van der Waals surface area contributed by atoms with Gasteiger partial charge in [-0.1, -0.05) is 219 Å². The number of phosphoric ester groups is 1. The fourth-order valence-electron chi connectivity index (χ4n) is 7.46. The van der Waals surface area contributed by atoms with Gasteiger partial charge in [0.05, 0.1) is 19.8 Å². The first-order chi connectivity index (χ1) is 29.7. The van der Waals surface area contributed by atoms with Crippen molar-refractivity contribution in [2.45, 2.75) is 270 Å². The summed E-state index contributed by atoms with van der Waals surface area (Å²) in [6.07, 6.45) is 47.6. The largest absolute Gasteiger partial charge is 0.472 e. The Labute approximate surface area is 375 Å². The highest BCUT2D eigenvalue weighted by molar-refractivity contribution is 7.47. The standard InChI is InChI=1S/C50H97O10P/c1-3-5-7-9-11-13-15-17-19-20-21-22-23-24-25-26-28-30-32-34-36-38-40-42-50(54)60-48(46-59-61(55,56)58-44-47(52)43-51)45-57-49(53)41-39-37-35-33-31-29-27-18-16-14-12-10-8-6-4-2/h29,31,47-48,51-52H,3-28,30,32-46H2,1-2H3,(H,55,56)/b31-29+/t47-,48+/m0/s1. The molecule has 0 spiro atoms. The van der Waals surface area contributed by atoms with Crippen molar-refractivity contribution in [2.75, 3.05) is 26.4 Å². The molecule has 1 unspecified atom stereocenters. The highest BCUT2D eigenvalue weighted by Gasteiger charge is 2.27. The number of carbonyl (C=O) groups excluding carboxylic acids is 2. The summed E-state index contributed by atoms with van der Waals surface area (Å²) >= 11 is 0. The van der Waals surface area contributed by atoms with Crippen LogP contribution in [0.25, 0.3) is 0 Å². The van der Waals surface area contributed by atoms with Crippen molar-refractivity contribution in [3.05, 3.63) is 12.2 Å². The van der Waals surface area contributed by atoms with E-state index in [2.05, 4.69) is 26.0 Å². The molecule has 0 aliphatic rings. The van der Waals surface area contributed by atoms with Crippen molar-refractivity contribution in [3.63, 3.8) is 0 Å². The van der Waals surface area contributed by atoms with Crippen LogP contribution in [-0.4, -0.2) is 65.7 Å². The lowest BCUT2D eigenvalue weighted by Gasteiger charge is -2.20. The lowest BCUT2D eigenvalue weighted by Crippen LogP contribution is -2.29. The average molecular weight is 889 g/mol. The molecule has 11 heteroatoms. The van der Waals surface area contributed by atoms with Gasteiger partial charge in [0, 0.05) is 12.8 Å². The maximum absolute atomic E-state index is 12.7. The smallest absolute Gasteiger partial charge is 0.462 e. The summed E-state index contributed by atoms with van der Waals surface area (Å²) < 4.78 is 32.8. The van der Waals surface area contributed by atoms with Gasteiger partial charge in [-0.3, -0.25) is 18.6 Å². The van der Waals surface area contributed by atoms with Crippen LogP contribution in [0.2, 0.25) is 0 Å². The summed E-state index contributed by atoms with van der Waals surface area (Å²) in [6, 6.07) is 0. The number of rotatable bonds is 49. The fourth-order valence-corrected chi connectivity index (χ4v) is 8.25. The number of aliphatic hydroxyl groups excluding tert-OH is 2. The molecule has 0 amide bonds. The van der Waals surface area contributed by atoms with Crippen molar-refractivity contribution in [1.82, 2.24) is 0 Å². The highest BCUT2D eigenvalue weighted by Crippen LogP contribution is 2.43. The van der Waals surface area contributed by atoms with E-state index in [0.717, 1.165) is 44.9 Å². The molecule has 0 aromatic carbocycles. The number of hydrogen-bond donors (Lipinski definition) is 3. The molecule has 0 rings (SSSR count). The van der Waals surface area contributed by atoms with Gasteiger partial charge in [0.1, 0.15) is 12.7 Å². The molecule has 0 heterocycles. The van der Waals surface area contributed by atoms with Crippen LogP contribution in [-0.2, 0) is 32.7 Å². The Morgan fingerprint density at radius 3 is 1.20 bits per heavy atom. The summed E-state index contributed by atoms with van der Waals surface area (Å²) in [6.45, 7) is 2.42. The normalized spacial score (nSPS) is 13.7. The molecule has 0 saturated carbocycles. The van der Waals surface area contributed by atoms with E-state index in [4.69, 9.17) is 23.6 Å². The third-order valence-electron chi connectivity index (χ3n) is 11.4. The molecule has 3 atom stereocenters. The van der Waals surface area contributed by atoms with Gasteiger partial charge >= 0.3 is 19.8 Å². The van der Waals surface area contributed by atoms with Crippen LogP contribution in [0.15, 0.2) is 12.2 Å². The van der Waals surface area contributed by atoms with Crippen LogP contribution < -0.4 is 0 Å². The van der Waals surface area contributed by atoms with Crippen LogP contribution in [0.1, 0.15) is 258 Å². The van der Waals surface area contributed by atoms with Gasteiger partial charge in [-0.25, -0.2) is 4.57 Å². The van der Waals surface area contributed by atoms with Crippen molar-refractivity contribution >= 4 is 19.8 Å². The zero-order chi connectivity index (χ0) is 44.8. The minimum Gasteiger partial charge on any atom is -0.462 e. The van der Waals surface area contributed by atoms with Crippen LogP contribution in [0.5, 0.6) is 0 Å². The SMILES string of the molecule is CCCCCCCCCC/C=C/CCCCCC(=O)OC[C@H](COP(=O)(O)OC[C@@H](O)CO)OC(=O)CCCCCCCCCCCCCCCCCCCCCCCCC. The minimum absolute atomic E-state index is 0.188. The number of esters is 2. The number of aliphatic hydroxyl groups is 2. The van der Waals surface area contributed by atoms with E-state index in [1.54, 1.807) is 0 Å². The number of unbranched alkanes of at least 4 members (excludes halogenated alkanes) is 33. The summed E-state index contributed by atoms with van der Waals surface area (Å²) in [7, 11) is -4.62. The summed E-state index contributed by atoms with van der Waals surface area (Å²) in [4.78, 5) is 35.1. The van der Waals surface area contributed by atoms with E-state index in [9.17, 15) is 24.2 Å². The molecule has 0 bridgehead atoms. The van der Waals surface area contributed by atoms with E-state index in [1.165, 1.54) is 173 Å². The summed E-state index contributed by atoms with van der Waals surface area (Å²) in [5, 5.41) is 18.4. The molecule has 0 fully saturated rings. The molecular weight excluding hydrogens is 792 g/mol. The van der Waals surface area contributed by atoms with Gasteiger partial charge in [-0.2, -0.15) is 0 Å². The van der Waals surface area contributed by atoms with E-state index in [0.29, 0.717) is 12.8 Å². The molecule has 0 aliphatic heterocycles. The first-order valence-electron chi connectivity index (χ1n) is 25.6. The van der Waals surface area contributed by atoms with Gasteiger partial charge in [-0.15, -0.1) is 0 Å². The molecule has 0 saturated heterocycles. The lowest BCUT2D eigenvalue weighted by molar-refractivity contribution is -0.161. The van der Waals surface area contributed by atoms with Crippen molar-refractivity contribution in [2.24, 2.45) is 0 Å². The topological polar surface area (TPSA) is 149 Å². The molecular formula is C50H97O10P. The second kappa shape index (κ2) is 46.7. The fraction of sp³-hybridized carbons (Fsp3) is 0.920. The number of allylic oxidation sites excluding steroid dienone is 2. The van der Waals surface area contributed by atoms with Crippen molar-refractivity contribution < 1.29 is 47.8 Å². The predicted octanol–water partition coefficient (Wildman–Crippen LogP) is 14.3. The second-order valence-electron chi connectivity index (χ2n) is 17.6. The van der Waals surface area contributed by atoms with Crippen molar-refractivity contribution in [1.29, 1.82) is 0 Å². The Hall–Kier alpha value is -1.29. The molecule has 362 valence electrons. The quantitative estimate of drug-likeness (QED) is 0.0233. The van der Waals surface area contributed by atoms with Crippen LogP contribution >= 0.6 is 7.82 Å². The minimum atomic E-state index is -4.62. The summed E-state index contributed by atoms with van der Waals surface area (Å²) in [5.41, 5.74) is 0. The maximum atomic E-state index is 12.7. The first-order valence-corrected chi connectivity index (χ1v) is 27.1. The Bertz CT molecular complexity index is 1020. The van der Waals surface area contributed by atoms with E-state index < -0.39 is 51.8 Å². The first kappa shape index (κ1) is 59.7. The van der Waals surface area contributed by atoms with Gasteiger partial charge in [0.25, 0.3) is 0 Å². The zero-order valence-corrected chi connectivity index (χ0v) is 40.5. The average Bonchev–Trinajstić information content (AvgIpc) is 3.25. The zero-order valence-electron chi connectivity index (χ0n) is 39.7. The van der Waals surface area contributed by atoms with E-state index in [-0.39, 0.29) is 19.4 Å². The number of carbonyl (C=O) groups is 2. The maximum Gasteiger partial charge on any atom is 0.472 e. The van der Waals surface area contributed by atoms with Crippen LogP contribution in [0.3, 0.4) is 0 Å². The van der Waals surface area contributed by atoms with Crippen LogP contribution in [0.4, 0.5) is 0 Å². The van der Waals surface area contributed by atoms with Gasteiger partial charge in [0.2, 0.25) is 0 Å². The van der Waals surface area contributed by atoms with Gasteiger partial charge < -0.3 is 24.6 Å². The van der Waals surface area contributed by atoms with E-state index >= 15 is 0 Å². The third kappa shape index (κ3) is 46.5. The third-order valence-corrected chi connectivity index (χ3v) is 12.4. The Morgan fingerprint density at radius 2 is 0.803 bits per heavy atom.